The highest BCUT2D eigenvalue weighted by molar-refractivity contribution is 9.09. The van der Waals surface area contributed by atoms with Gasteiger partial charge in [0.1, 0.15) is 0 Å². The molecule has 0 saturated carbocycles. The molecule has 0 aromatic heterocycles. The third-order valence-corrected chi connectivity index (χ3v) is 1.37. The van der Waals surface area contributed by atoms with E-state index in [2.05, 4.69) is 15.9 Å². The minimum absolute atomic E-state index is 0.361. The lowest BCUT2D eigenvalue weighted by Gasteiger charge is -1.89. The van der Waals surface area contributed by atoms with Crippen molar-refractivity contribution in [1.82, 2.24) is 0 Å². The van der Waals surface area contributed by atoms with E-state index in [4.69, 9.17) is 4.11 Å². The Balaban J connectivity index is 3.04. The summed E-state index contributed by atoms with van der Waals surface area (Å²) in [5.41, 5.74) is 0. The maximum atomic E-state index is 6.89. The Morgan fingerprint density at radius 3 is 2.86 bits per heavy atom. The van der Waals surface area contributed by atoms with Crippen molar-refractivity contribution in [1.29, 1.82) is 0 Å². The van der Waals surface area contributed by atoms with Crippen molar-refractivity contribution in [3.8, 4) is 0 Å². The molecule has 0 atom stereocenters. The van der Waals surface area contributed by atoms with Crippen LogP contribution in [0.3, 0.4) is 0 Å². The van der Waals surface area contributed by atoms with Crippen molar-refractivity contribution in [2.24, 2.45) is 0 Å². The average molecular weight is 168 g/mol. The molecule has 0 aliphatic carbocycles. The highest BCUT2D eigenvalue weighted by Crippen LogP contribution is 1.99. The summed E-state index contributed by atoms with van der Waals surface area (Å²) in [4.78, 5) is 0. The summed E-state index contributed by atoms with van der Waals surface area (Å²) >= 11 is 3.29. The maximum absolute atomic E-state index is 6.89. The number of unbranched alkanes of at least 4 members (excludes halogenated alkanes) is 2. The molecule has 1 heteroatoms. The second kappa shape index (κ2) is 6.48. The standard InChI is InChI=1S/C6H13Br/c1-2-3-4-5-6-7/h2-6H2,1H3/i1D3. The number of alkyl halides is 1. The Morgan fingerprint density at radius 2 is 2.29 bits per heavy atom. The molecule has 0 aromatic rings. The van der Waals surface area contributed by atoms with Crippen molar-refractivity contribution in [3.05, 3.63) is 0 Å². The molecule has 0 bridgehead atoms. The molecule has 0 unspecified atom stereocenters. The molecule has 0 N–H and O–H groups in total. The van der Waals surface area contributed by atoms with E-state index in [1.807, 2.05) is 0 Å². The van der Waals surface area contributed by atoms with Crippen molar-refractivity contribution in [3.63, 3.8) is 0 Å². The molecule has 0 amide bonds. The Hall–Kier alpha value is 0.480. The first-order valence-corrected chi connectivity index (χ1v) is 3.74. The van der Waals surface area contributed by atoms with E-state index in [-0.39, 0.29) is 0 Å². The van der Waals surface area contributed by atoms with Crippen molar-refractivity contribution < 1.29 is 4.11 Å². The SMILES string of the molecule is [2H]C([2H])([2H])CCCCCBr. The predicted molar refractivity (Wildman–Crippen MR) is 37.9 cm³/mol. The van der Waals surface area contributed by atoms with Gasteiger partial charge in [0, 0.05) is 9.44 Å². The molecular formula is C6H13Br. The highest BCUT2D eigenvalue weighted by Gasteiger charge is 1.81. The summed E-state index contributed by atoms with van der Waals surface area (Å²) in [7, 11) is 0. The van der Waals surface area contributed by atoms with Crippen LogP contribution < -0.4 is 0 Å². The third-order valence-electron chi connectivity index (χ3n) is 0.810. The summed E-state index contributed by atoms with van der Waals surface area (Å²) in [5.74, 6) is 0. The van der Waals surface area contributed by atoms with Gasteiger partial charge in [0.25, 0.3) is 0 Å². The fourth-order valence-electron chi connectivity index (χ4n) is 0.396. The van der Waals surface area contributed by atoms with Crippen molar-refractivity contribution in [2.75, 3.05) is 5.33 Å². The number of halogens is 1. The lowest BCUT2D eigenvalue weighted by molar-refractivity contribution is 0.708. The van der Waals surface area contributed by atoms with Crippen LogP contribution in [0.4, 0.5) is 0 Å². The topological polar surface area (TPSA) is 0 Å². The van der Waals surface area contributed by atoms with Gasteiger partial charge in [-0.05, 0) is 6.42 Å². The lowest BCUT2D eigenvalue weighted by Crippen LogP contribution is -1.73. The van der Waals surface area contributed by atoms with Crippen LogP contribution in [0.5, 0.6) is 0 Å². The van der Waals surface area contributed by atoms with Gasteiger partial charge in [0.2, 0.25) is 0 Å². The first-order chi connectivity index (χ1) is 4.56. The third kappa shape index (κ3) is 6.48. The quantitative estimate of drug-likeness (QED) is 0.447. The Labute approximate surface area is 58.6 Å². The van der Waals surface area contributed by atoms with Gasteiger partial charge in [0.05, 0.1) is 0 Å². The van der Waals surface area contributed by atoms with Crippen LogP contribution in [0.2, 0.25) is 0 Å². The Morgan fingerprint density at radius 1 is 1.43 bits per heavy atom. The summed E-state index contributed by atoms with van der Waals surface area (Å²) in [6, 6.07) is 0. The van der Waals surface area contributed by atoms with Crippen molar-refractivity contribution in [2.45, 2.75) is 32.5 Å². The molecule has 0 radical (unpaired) electrons. The Kier molecular flexibility index (Phi) is 3.24. The Bertz CT molecular complexity index is 79.6. The predicted octanol–water partition coefficient (Wildman–Crippen LogP) is 2.96. The van der Waals surface area contributed by atoms with Gasteiger partial charge in [-0.15, -0.1) is 0 Å². The van der Waals surface area contributed by atoms with Gasteiger partial charge in [-0.1, -0.05) is 42.0 Å². The van der Waals surface area contributed by atoms with E-state index in [0.717, 1.165) is 24.6 Å². The van der Waals surface area contributed by atoms with Gasteiger partial charge < -0.3 is 0 Å². The van der Waals surface area contributed by atoms with Crippen LogP contribution in [-0.2, 0) is 0 Å². The average Bonchev–Trinajstić information content (AvgIpc) is 1.78. The van der Waals surface area contributed by atoms with Gasteiger partial charge in [-0.2, -0.15) is 0 Å². The minimum Gasteiger partial charge on any atom is -0.0928 e. The molecule has 0 aromatic carbocycles. The molecular weight excluding hydrogens is 152 g/mol. The first-order valence-electron chi connectivity index (χ1n) is 4.12. The largest absolute Gasteiger partial charge is 0.0928 e. The van der Waals surface area contributed by atoms with Crippen LogP contribution in [-0.4, -0.2) is 5.33 Å². The van der Waals surface area contributed by atoms with Gasteiger partial charge in [0.15, 0.2) is 0 Å². The van der Waals surface area contributed by atoms with Crippen LogP contribution in [0.15, 0.2) is 0 Å². The smallest absolute Gasteiger partial charge is 0.0230 e. The fraction of sp³-hybridized carbons (Fsp3) is 1.00. The molecule has 0 rings (SSSR count). The highest BCUT2D eigenvalue weighted by atomic mass is 79.9. The molecule has 44 valence electrons. The number of hydrogen-bond acceptors (Lipinski definition) is 0. The molecule has 0 nitrogen and oxygen atoms in total. The molecule has 0 heterocycles. The van der Waals surface area contributed by atoms with Gasteiger partial charge in [-0.25, -0.2) is 0 Å². The van der Waals surface area contributed by atoms with Gasteiger partial charge >= 0.3 is 0 Å². The van der Waals surface area contributed by atoms with E-state index in [9.17, 15) is 0 Å². The first kappa shape index (κ1) is 3.49. The summed E-state index contributed by atoms with van der Waals surface area (Å²) in [5, 5.41) is 0.980. The van der Waals surface area contributed by atoms with Crippen LogP contribution >= 0.6 is 15.9 Å². The second-order valence-electron chi connectivity index (χ2n) is 1.50. The molecule has 0 saturated heterocycles. The van der Waals surface area contributed by atoms with E-state index in [1.165, 1.54) is 0 Å². The molecule has 0 spiro atoms. The zero-order chi connectivity index (χ0) is 8.04. The van der Waals surface area contributed by atoms with Crippen LogP contribution in [0.1, 0.15) is 36.6 Å². The summed E-state index contributed by atoms with van der Waals surface area (Å²) in [6.07, 6.45) is 3.28. The molecule has 0 aliphatic rings. The minimum atomic E-state index is -1.72. The maximum Gasteiger partial charge on any atom is 0.0230 e. The zero-order valence-corrected chi connectivity index (χ0v) is 6.00. The molecule has 7 heavy (non-hydrogen) atoms. The van der Waals surface area contributed by atoms with E-state index < -0.39 is 6.85 Å². The fourth-order valence-corrected chi connectivity index (χ4v) is 0.793. The molecule has 0 fully saturated rings. The second-order valence-corrected chi connectivity index (χ2v) is 2.29. The summed E-state index contributed by atoms with van der Waals surface area (Å²) in [6.45, 7) is -1.72. The van der Waals surface area contributed by atoms with E-state index in [0.29, 0.717) is 6.42 Å². The van der Waals surface area contributed by atoms with Crippen LogP contribution in [0.25, 0.3) is 0 Å². The normalized spacial score (nSPS) is 17.6. The zero-order valence-electron chi connectivity index (χ0n) is 7.41. The van der Waals surface area contributed by atoms with Gasteiger partial charge in [-0.3, -0.25) is 0 Å². The number of rotatable bonds is 4. The van der Waals surface area contributed by atoms with E-state index in [1.54, 1.807) is 0 Å². The summed E-state index contributed by atoms with van der Waals surface area (Å²) < 4.78 is 20.7. The lowest BCUT2D eigenvalue weighted by atomic mass is 10.2. The monoisotopic (exact) mass is 167 g/mol. The van der Waals surface area contributed by atoms with Crippen LogP contribution in [0, 0.1) is 0 Å². The van der Waals surface area contributed by atoms with Crippen molar-refractivity contribution >= 4 is 15.9 Å². The molecule has 0 aliphatic heterocycles. The van der Waals surface area contributed by atoms with E-state index >= 15 is 0 Å². The number of hydrogen-bond donors (Lipinski definition) is 0.